The van der Waals surface area contributed by atoms with E-state index >= 15 is 0 Å². The van der Waals surface area contributed by atoms with Crippen LogP contribution in [0.4, 0.5) is 5.13 Å². The number of aromatic nitrogens is 4. The molecule has 1 fully saturated rings. The molecule has 3 aromatic rings. The van der Waals surface area contributed by atoms with Gasteiger partial charge in [-0.2, -0.15) is 5.10 Å². The zero-order valence-corrected chi connectivity index (χ0v) is 17.6. The molecule has 29 heavy (non-hydrogen) atoms. The van der Waals surface area contributed by atoms with Gasteiger partial charge in [0.05, 0.1) is 23.5 Å². The highest BCUT2D eigenvalue weighted by molar-refractivity contribution is 7.14. The molecule has 0 unspecified atom stereocenters. The molecule has 2 N–H and O–H groups in total. The Kier molecular flexibility index (Phi) is 5.97. The molecule has 4 heterocycles. The highest BCUT2D eigenvalue weighted by atomic mass is 32.1. The minimum atomic E-state index is -0.176. The Balaban J connectivity index is 1.25. The van der Waals surface area contributed by atoms with Gasteiger partial charge in [-0.05, 0) is 18.4 Å². The van der Waals surface area contributed by atoms with Crippen molar-refractivity contribution in [1.29, 1.82) is 0 Å². The lowest BCUT2D eigenvalue weighted by Gasteiger charge is -2.34. The first kappa shape index (κ1) is 19.7. The van der Waals surface area contributed by atoms with Gasteiger partial charge in [-0.15, -0.1) is 22.7 Å². The van der Waals surface area contributed by atoms with Gasteiger partial charge in [0, 0.05) is 31.6 Å². The van der Waals surface area contributed by atoms with Gasteiger partial charge in [0.15, 0.2) is 11.0 Å². The normalized spacial score (nSPS) is 14.9. The Labute approximate surface area is 175 Å². The van der Waals surface area contributed by atoms with Crippen molar-refractivity contribution in [3.63, 3.8) is 0 Å². The Bertz CT molecular complexity index is 974. The predicted octanol–water partition coefficient (Wildman–Crippen LogP) is 1.77. The van der Waals surface area contributed by atoms with Crippen LogP contribution in [-0.2, 0) is 17.8 Å². The summed E-state index contributed by atoms with van der Waals surface area (Å²) in [4.78, 5) is 38.2. The number of rotatable bonds is 6. The minimum absolute atomic E-state index is 0.0554. The number of piperazine rings is 1. The van der Waals surface area contributed by atoms with Gasteiger partial charge in [0.1, 0.15) is 5.82 Å². The summed E-state index contributed by atoms with van der Waals surface area (Å²) in [6.45, 7) is 5.50. The highest BCUT2D eigenvalue weighted by Crippen LogP contribution is 2.19. The number of anilines is 1. The predicted molar refractivity (Wildman–Crippen MR) is 111 cm³/mol. The fourth-order valence-electron chi connectivity index (χ4n) is 3.09. The zero-order valence-electron chi connectivity index (χ0n) is 15.9. The second-order valence-corrected chi connectivity index (χ2v) is 8.55. The van der Waals surface area contributed by atoms with E-state index < -0.39 is 0 Å². The Morgan fingerprint density at radius 1 is 1.21 bits per heavy atom. The van der Waals surface area contributed by atoms with E-state index in [-0.39, 0.29) is 18.2 Å². The van der Waals surface area contributed by atoms with Crippen LogP contribution in [0.2, 0.25) is 0 Å². The average Bonchev–Trinajstić information content (AvgIpc) is 3.45. The Hall–Kier alpha value is -2.63. The first-order valence-electron chi connectivity index (χ1n) is 9.24. The fourth-order valence-corrected chi connectivity index (χ4v) is 4.42. The van der Waals surface area contributed by atoms with Crippen molar-refractivity contribution in [3.05, 3.63) is 45.1 Å². The molecule has 2 amide bonds. The average molecular weight is 432 g/mol. The van der Waals surface area contributed by atoms with E-state index in [0.29, 0.717) is 35.3 Å². The van der Waals surface area contributed by atoms with Crippen molar-refractivity contribution in [2.75, 3.05) is 31.5 Å². The van der Waals surface area contributed by atoms with E-state index in [4.69, 9.17) is 0 Å². The number of carbonyl (C=O) groups is 2. The number of carbonyl (C=O) groups excluding carboxylic acids is 2. The van der Waals surface area contributed by atoms with Crippen molar-refractivity contribution in [2.24, 2.45) is 0 Å². The smallest absolute Gasteiger partial charge is 0.267 e. The highest BCUT2D eigenvalue weighted by Gasteiger charge is 2.23. The molecule has 4 rings (SSSR count). The van der Waals surface area contributed by atoms with Crippen LogP contribution < -0.4 is 5.32 Å². The lowest BCUT2D eigenvalue weighted by Crippen LogP contribution is -2.48. The monoisotopic (exact) mass is 431 g/mol. The van der Waals surface area contributed by atoms with Gasteiger partial charge in [0.25, 0.3) is 5.91 Å². The molecule has 3 aromatic heterocycles. The summed E-state index contributed by atoms with van der Waals surface area (Å²) in [6, 6.07) is 3.60. The number of amides is 2. The molecule has 152 valence electrons. The van der Waals surface area contributed by atoms with Gasteiger partial charge < -0.3 is 4.90 Å². The number of nitrogens with zero attached hydrogens (tertiary/aromatic N) is 5. The van der Waals surface area contributed by atoms with E-state index in [2.05, 4.69) is 30.4 Å². The lowest BCUT2D eigenvalue weighted by atomic mass is 10.2. The van der Waals surface area contributed by atoms with E-state index in [1.54, 1.807) is 6.07 Å². The van der Waals surface area contributed by atoms with Crippen LogP contribution in [0.3, 0.4) is 0 Å². The molecule has 0 atom stereocenters. The van der Waals surface area contributed by atoms with E-state index in [9.17, 15) is 9.59 Å². The first-order chi connectivity index (χ1) is 14.1. The number of aromatic amines is 1. The second-order valence-electron chi connectivity index (χ2n) is 6.75. The molecule has 11 heteroatoms. The number of thiazole rings is 1. The number of hydrogen-bond donors (Lipinski definition) is 2. The molecule has 0 saturated carbocycles. The molecule has 0 aromatic carbocycles. The molecule has 9 nitrogen and oxygen atoms in total. The van der Waals surface area contributed by atoms with E-state index in [1.165, 1.54) is 22.7 Å². The SMILES string of the molecule is Cc1nc(CN2CCN(C(=O)Cc3csc(NC(=O)c4cccs4)n3)CC2)n[nH]1. The van der Waals surface area contributed by atoms with Gasteiger partial charge in [-0.3, -0.25) is 24.9 Å². The quantitative estimate of drug-likeness (QED) is 0.616. The fraction of sp³-hybridized carbons (Fsp3) is 0.389. The summed E-state index contributed by atoms with van der Waals surface area (Å²) in [5.41, 5.74) is 0.681. The van der Waals surface area contributed by atoms with Gasteiger partial charge in [-0.1, -0.05) is 6.07 Å². The molecular weight excluding hydrogens is 410 g/mol. The van der Waals surface area contributed by atoms with E-state index in [1.807, 2.05) is 28.7 Å². The molecule has 1 aliphatic heterocycles. The maximum atomic E-state index is 12.6. The van der Waals surface area contributed by atoms with Crippen molar-refractivity contribution in [2.45, 2.75) is 19.9 Å². The van der Waals surface area contributed by atoms with Crippen LogP contribution in [-0.4, -0.2) is 68.0 Å². The van der Waals surface area contributed by atoms with Crippen molar-refractivity contribution >= 4 is 39.6 Å². The van der Waals surface area contributed by atoms with Gasteiger partial charge in [-0.25, -0.2) is 9.97 Å². The second kappa shape index (κ2) is 8.80. The summed E-state index contributed by atoms with van der Waals surface area (Å²) in [7, 11) is 0. The standard InChI is InChI=1S/C18H21N7O2S2/c1-12-19-15(23-22-12)10-24-4-6-25(7-5-24)16(26)9-13-11-29-18(20-13)21-17(27)14-3-2-8-28-14/h2-3,8,11H,4-7,9-10H2,1H3,(H,19,22,23)(H,20,21,27). The molecule has 1 aliphatic rings. The summed E-state index contributed by atoms with van der Waals surface area (Å²) < 4.78 is 0. The number of nitrogens with one attached hydrogen (secondary N) is 2. The van der Waals surface area contributed by atoms with Crippen LogP contribution in [0.15, 0.2) is 22.9 Å². The maximum absolute atomic E-state index is 12.6. The van der Waals surface area contributed by atoms with Crippen LogP contribution in [0.5, 0.6) is 0 Å². The number of hydrogen-bond acceptors (Lipinski definition) is 8. The molecule has 1 saturated heterocycles. The zero-order chi connectivity index (χ0) is 20.2. The minimum Gasteiger partial charge on any atom is -0.340 e. The molecule has 0 aliphatic carbocycles. The summed E-state index contributed by atoms with van der Waals surface area (Å²) in [5.74, 6) is 1.47. The molecular formula is C18H21N7O2S2. The maximum Gasteiger partial charge on any atom is 0.267 e. The number of thiophene rings is 1. The third-order valence-electron chi connectivity index (χ3n) is 4.58. The molecule has 0 bridgehead atoms. The van der Waals surface area contributed by atoms with Crippen molar-refractivity contribution < 1.29 is 9.59 Å². The number of H-pyrrole nitrogens is 1. The summed E-state index contributed by atoms with van der Waals surface area (Å²) in [5, 5.41) is 14.0. The van der Waals surface area contributed by atoms with Crippen LogP contribution >= 0.6 is 22.7 Å². The van der Waals surface area contributed by atoms with Gasteiger partial charge in [0.2, 0.25) is 5.91 Å². The van der Waals surface area contributed by atoms with Crippen LogP contribution in [0, 0.1) is 6.92 Å². The largest absolute Gasteiger partial charge is 0.340 e. The van der Waals surface area contributed by atoms with Crippen molar-refractivity contribution in [3.8, 4) is 0 Å². The molecule has 0 radical (unpaired) electrons. The van der Waals surface area contributed by atoms with Crippen LogP contribution in [0.25, 0.3) is 0 Å². The third kappa shape index (κ3) is 5.05. The Morgan fingerprint density at radius 2 is 2.03 bits per heavy atom. The summed E-state index contributed by atoms with van der Waals surface area (Å²) >= 11 is 2.71. The van der Waals surface area contributed by atoms with Crippen molar-refractivity contribution in [1.82, 2.24) is 30.0 Å². The Morgan fingerprint density at radius 3 is 2.72 bits per heavy atom. The topological polar surface area (TPSA) is 107 Å². The molecule has 0 spiro atoms. The number of aryl methyl sites for hydroxylation is 1. The lowest BCUT2D eigenvalue weighted by molar-refractivity contribution is -0.132. The van der Waals surface area contributed by atoms with Crippen LogP contribution in [0.1, 0.15) is 27.0 Å². The third-order valence-corrected chi connectivity index (χ3v) is 6.26. The van der Waals surface area contributed by atoms with Gasteiger partial charge >= 0.3 is 0 Å². The van der Waals surface area contributed by atoms with E-state index in [0.717, 1.165) is 24.7 Å². The first-order valence-corrected chi connectivity index (χ1v) is 11.0. The summed E-state index contributed by atoms with van der Waals surface area (Å²) in [6.07, 6.45) is 0.242.